The van der Waals surface area contributed by atoms with Crippen molar-refractivity contribution in [1.29, 1.82) is 0 Å². The van der Waals surface area contributed by atoms with Crippen LogP contribution in [0.3, 0.4) is 0 Å². The highest BCUT2D eigenvalue weighted by atomic mass is 79.9. The Balaban J connectivity index is 1.32. The lowest BCUT2D eigenvalue weighted by atomic mass is 10.1. The van der Waals surface area contributed by atoms with Gasteiger partial charge in [0, 0.05) is 0 Å². The van der Waals surface area contributed by atoms with E-state index in [0.717, 1.165) is 26.6 Å². The Morgan fingerprint density at radius 3 is 2.73 bits per heavy atom. The summed E-state index contributed by atoms with van der Waals surface area (Å²) in [6.07, 6.45) is 1.70. The van der Waals surface area contributed by atoms with Gasteiger partial charge in [0.25, 0.3) is 0 Å². The first-order chi connectivity index (χ1) is 16.2. The molecule has 5 aromatic rings. The summed E-state index contributed by atoms with van der Waals surface area (Å²) in [6, 6.07) is 26.1. The molecule has 2 N–H and O–H groups in total. The highest BCUT2D eigenvalue weighted by Crippen LogP contribution is 2.37. The van der Waals surface area contributed by atoms with Crippen LogP contribution in [0.2, 0.25) is 0 Å². The van der Waals surface area contributed by atoms with Gasteiger partial charge in [0.05, 0.1) is 28.8 Å². The fraction of sp³-hybridized carbons (Fsp3) is 0.0769. The minimum Gasteiger partial charge on any atom is -0.493 e. The molecule has 0 aliphatic rings. The third kappa shape index (κ3) is 4.54. The van der Waals surface area contributed by atoms with E-state index < -0.39 is 0 Å². The third-order valence-electron chi connectivity index (χ3n) is 5.28. The summed E-state index contributed by atoms with van der Waals surface area (Å²) in [5.74, 6) is 1.84. The first kappa shape index (κ1) is 21.0. The van der Waals surface area contributed by atoms with E-state index in [1.807, 2.05) is 54.6 Å². The molecule has 0 unspecified atom stereocenters. The second-order valence-electron chi connectivity index (χ2n) is 7.43. The lowest BCUT2D eigenvalue weighted by Gasteiger charge is -2.14. The summed E-state index contributed by atoms with van der Waals surface area (Å²) in [7, 11) is 1.63. The number of aromatic amines is 1. The molecule has 6 nitrogen and oxygen atoms in total. The molecular weight excluding hydrogens is 480 g/mol. The number of H-pyrrole nitrogens is 1. The molecule has 0 saturated heterocycles. The lowest BCUT2D eigenvalue weighted by molar-refractivity contribution is 0.283. The van der Waals surface area contributed by atoms with E-state index in [9.17, 15) is 0 Å². The molecule has 0 aliphatic carbocycles. The van der Waals surface area contributed by atoms with Gasteiger partial charge in [-0.15, -0.1) is 0 Å². The molecule has 0 bridgehead atoms. The summed E-state index contributed by atoms with van der Waals surface area (Å²) < 4.78 is 12.5. The number of rotatable bonds is 7. The number of hydrazone groups is 1. The molecule has 0 spiro atoms. The maximum atomic E-state index is 6.17. The van der Waals surface area contributed by atoms with Gasteiger partial charge in [0.15, 0.2) is 11.5 Å². The van der Waals surface area contributed by atoms with Crippen molar-refractivity contribution in [3.05, 3.63) is 94.5 Å². The SMILES string of the molecule is COc1cc(/C=N\Nc2nc3ccccc3[nH]2)cc(Br)c1OCc1cccc2ccccc12. The number of imidazole rings is 1. The second kappa shape index (κ2) is 9.34. The average Bonchev–Trinajstić information content (AvgIpc) is 3.26. The number of anilines is 1. The van der Waals surface area contributed by atoms with E-state index in [0.29, 0.717) is 24.1 Å². The number of hydrogen-bond acceptors (Lipinski definition) is 5. The first-order valence-electron chi connectivity index (χ1n) is 10.4. The maximum absolute atomic E-state index is 6.17. The van der Waals surface area contributed by atoms with Gasteiger partial charge in [0.1, 0.15) is 6.61 Å². The van der Waals surface area contributed by atoms with E-state index in [1.54, 1.807) is 13.3 Å². The van der Waals surface area contributed by atoms with Crippen LogP contribution in [-0.4, -0.2) is 23.3 Å². The van der Waals surface area contributed by atoms with Crippen molar-refractivity contribution in [3.8, 4) is 11.5 Å². The van der Waals surface area contributed by atoms with Crippen molar-refractivity contribution >= 4 is 49.9 Å². The third-order valence-corrected chi connectivity index (χ3v) is 5.87. The van der Waals surface area contributed by atoms with E-state index >= 15 is 0 Å². The van der Waals surface area contributed by atoms with E-state index in [1.165, 1.54) is 10.8 Å². The van der Waals surface area contributed by atoms with Crippen LogP contribution >= 0.6 is 15.9 Å². The molecule has 0 fully saturated rings. The Bertz CT molecular complexity index is 1420. The summed E-state index contributed by atoms with van der Waals surface area (Å²) in [5.41, 5.74) is 6.73. The number of nitrogens with one attached hydrogen (secondary N) is 2. The Kier molecular flexibility index (Phi) is 5.95. The number of para-hydroxylation sites is 2. The maximum Gasteiger partial charge on any atom is 0.222 e. The van der Waals surface area contributed by atoms with Gasteiger partial charge >= 0.3 is 0 Å². The van der Waals surface area contributed by atoms with Crippen LogP contribution in [-0.2, 0) is 6.61 Å². The summed E-state index contributed by atoms with van der Waals surface area (Å²) >= 11 is 3.62. The molecule has 164 valence electrons. The fourth-order valence-electron chi connectivity index (χ4n) is 3.70. The second-order valence-corrected chi connectivity index (χ2v) is 8.29. The monoisotopic (exact) mass is 500 g/mol. The Hall–Kier alpha value is -3.84. The van der Waals surface area contributed by atoms with Gasteiger partial charge in [0.2, 0.25) is 5.95 Å². The van der Waals surface area contributed by atoms with E-state index in [-0.39, 0.29) is 0 Å². The Labute approximate surface area is 199 Å². The molecule has 4 aromatic carbocycles. The van der Waals surface area contributed by atoms with Crippen LogP contribution in [0, 0.1) is 0 Å². The quantitative estimate of drug-likeness (QED) is 0.197. The van der Waals surface area contributed by atoms with Crippen LogP contribution in [0.1, 0.15) is 11.1 Å². The number of hydrogen-bond donors (Lipinski definition) is 2. The minimum atomic E-state index is 0.428. The summed E-state index contributed by atoms with van der Waals surface area (Å²) in [6.45, 7) is 0.428. The predicted octanol–water partition coefficient (Wildman–Crippen LogP) is 6.51. The topological polar surface area (TPSA) is 71.5 Å². The lowest BCUT2D eigenvalue weighted by Crippen LogP contribution is -2.00. The largest absolute Gasteiger partial charge is 0.493 e. The van der Waals surface area contributed by atoms with Crippen molar-refractivity contribution in [3.63, 3.8) is 0 Å². The number of benzene rings is 4. The van der Waals surface area contributed by atoms with Crippen LogP contribution in [0.15, 0.2) is 88.4 Å². The molecule has 0 saturated carbocycles. The van der Waals surface area contributed by atoms with Crippen LogP contribution in [0.4, 0.5) is 5.95 Å². The van der Waals surface area contributed by atoms with Crippen molar-refractivity contribution < 1.29 is 9.47 Å². The van der Waals surface area contributed by atoms with Gasteiger partial charge in [-0.05, 0) is 62.1 Å². The van der Waals surface area contributed by atoms with Crippen molar-refractivity contribution in [2.24, 2.45) is 5.10 Å². The number of nitrogens with zero attached hydrogens (tertiary/aromatic N) is 2. The van der Waals surface area contributed by atoms with E-state index in [4.69, 9.17) is 9.47 Å². The molecule has 5 rings (SSSR count). The first-order valence-corrected chi connectivity index (χ1v) is 11.2. The standard InChI is InChI=1S/C26H21BrN4O2/c1-32-24-14-17(15-28-31-26-29-22-11-4-5-12-23(22)30-26)13-21(27)25(24)33-16-19-9-6-8-18-7-2-3-10-20(18)19/h2-15H,16H2,1H3,(H2,29,30,31)/b28-15-. The van der Waals surface area contributed by atoms with Crippen molar-refractivity contribution in [2.45, 2.75) is 6.61 Å². The number of fused-ring (bicyclic) bond motifs is 2. The Morgan fingerprint density at radius 2 is 1.85 bits per heavy atom. The van der Waals surface area contributed by atoms with Gasteiger partial charge in [-0.3, -0.25) is 0 Å². The zero-order valence-corrected chi connectivity index (χ0v) is 19.5. The van der Waals surface area contributed by atoms with Crippen molar-refractivity contribution in [2.75, 3.05) is 12.5 Å². The van der Waals surface area contributed by atoms with Crippen LogP contribution in [0.25, 0.3) is 21.8 Å². The zero-order chi connectivity index (χ0) is 22.6. The summed E-state index contributed by atoms with van der Waals surface area (Å²) in [5, 5.41) is 6.66. The van der Waals surface area contributed by atoms with Gasteiger partial charge in [-0.1, -0.05) is 54.6 Å². The van der Waals surface area contributed by atoms with Gasteiger partial charge in [-0.25, -0.2) is 10.4 Å². The molecule has 1 heterocycles. The molecule has 33 heavy (non-hydrogen) atoms. The molecule has 1 aromatic heterocycles. The van der Waals surface area contributed by atoms with Crippen LogP contribution in [0.5, 0.6) is 11.5 Å². The normalized spacial score (nSPS) is 11.3. The molecule has 0 radical (unpaired) electrons. The van der Waals surface area contributed by atoms with Gasteiger partial charge in [-0.2, -0.15) is 5.10 Å². The number of methoxy groups -OCH3 is 1. The van der Waals surface area contributed by atoms with Crippen LogP contribution < -0.4 is 14.9 Å². The number of ether oxygens (including phenoxy) is 2. The van der Waals surface area contributed by atoms with E-state index in [2.05, 4.69) is 60.7 Å². The minimum absolute atomic E-state index is 0.428. The number of halogens is 1. The van der Waals surface area contributed by atoms with Gasteiger partial charge < -0.3 is 14.5 Å². The smallest absolute Gasteiger partial charge is 0.222 e. The zero-order valence-electron chi connectivity index (χ0n) is 17.9. The summed E-state index contributed by atoms with van der Waals surface area (Å²) in [4.78, 5) is 7.63. The molecule has 0 amide bonds. The molecule has 0 aliphatic heterocycles. The highest BCUT2D eigenvalue weighted by molar-refractivity contribution is 9.10. The molecular formula is C26H21BrN4O2. The molecule has 7 heteroatoms. The highest BCUT2D eigenvalue weighted by Gasteiger charge is 2.12. The number of aromatic nitrogens is 2. The fourth-order valence-corrected chi connectivity index (χ4v) is 4.27. The average molecular weight is 501 g/mol. The van der Waals surface area contributed by atoms with Crippen molar-refractivity contribution in [1.82, 2.24) is 9.97 Å². The predicted molar refractivity (Wildman–Crippen MR) is 136 cm³/mol. The Morgan fingerprint density at radius 1 is 1.03 bits per heavy atom. The molecule has 0 atom stereocenters.